The van der Waals surface area contributed by atoms with Gasteiger partial charge in [0.1, 0.15) is 11.6 Å². The SMILES string of the molecule is O=C(O)CC(c1cc(F)ccc1O)C(F)F. The maximum Gasteiger partial charge on any atom is 0.304 e. The van der Waals surface area contributed by atoms with Crippen LogP contribution in [0.2, 0.25) is 0 Å². The van der Waals surface area contributed by atoms with Gasteiger partial charge >= 0.3 is 5.97 Å². The molecule has 0 aromatic heterocycles. The third-order valence-electron chi connectivity index (χ3n) is 2.09. The zero-order valence-electron chi connectivity index (χ0n) is 8.03. The molecule has 1 rings (SSSR count). The van der Waals surface area contributed by atoms with Crippen LogP contribution in [0.5, 0.6) is 5.75 Å². The Balaban J connectivity index is 3.09. The fourth-order valence-electron chi connectivity index (χ4n) is 1.35. The minimum Gasteiger partial charge on any atom is -0.508 e. The number of carbonyl (C=O) groups is 1. The minimum atomic E-state index is -2.98. The maximum atomic E-state index is 12.8. The first-order valence-corrected chi connectivity index (χ1v) is 4.40. The molecule has 0 aliphatic rings. The van der Waals surface area contributed by atoms with Gasteiger partial charge in [-0.2, -0.15) is 0 Å². The lowest BCUT2D eigenvalue weighted by atomic mass is 9.95. The Hall–Kier alpha value is -1.72. The number of carboxylic acids is 1. The summed E-state index contributed by atoms with van der Waals surface area (Å²) in [7, 11) is 0. The normalized spacial score (nSPS) is 12.8. The van der Waals surface area contributed by atoms with Gasteiger partial charge in [0, 0.05) is 5.56 Å². The molecule has 2 N–H and O–H groups in total. The number of alkyl halides is 2. The highest BCUT2D eigenvalue weighted by Crippen LogP contribution is 2.33. The third-order valence-corrected chi connectivity index (χ3v) is 2.09. The van der Waals surface area contributed by atoms with Crippen LogP contribution in [0.3, 0.4) is 0 Å². The molecule has 6 heteroatoms. The minimum absolute atomic E-state index is 0.391. The molecule has 16 heavy (non-hydrogen) atoms. The van der Waals surface area contributed by atoms with Crippen molar-refractivity contribution >= 4 is 5.97 Å². The van der Waals surface area contributed by atoms with Crippen LogP contribution in [-0.4, -0.2) is 22.6 Å². The van der Waals surface area contributed by atoms with Gasteiger partial charge in [0.25, 0.3) is 0 Å². The summed E-state index contributed by atoms with van der Waals surface area (Å²) in [5.41, 5.74) is -0.391. The summed E-state index contributed by atoms with van der Waals surface area (Å²) in [6.07, 6.45) is -3.85. The van der Waals surface area contributed by atoms with E-state index in [0.29, 0.717) is 0 Å². The maximum absolute atomic E-state index is 12.8. The van der Waals surface area contributed by atoms with Crippen molar-refractivity contribution in [2.24, 2.45) is 0 Å². The standard InChI is InChI=1S/C10H9F3O3/c11-5-1-2-8(14)6(3-5)7(10(12)13)4-9(15)16/h1-3,7,10,14H,4H2,(H,15,16). The zero-order valence-corrected chi connectivity index (χ0v) is 8.03. The molecule has 0 bridgehead atoms. The highest BCUT2D eigenvalue weighted by atomic mass is 19.3. The van der Waals surface area contributed by atoms with Gasteiger partial charge in [0.15, 0.2) is 0 Å². The monoisotopic (exact) mass is 234 g/mol. The average Bonchev–Trinajstić information content (AvgIpc) is 2.18. The first-order chi connectivity index (χ1) is 7.41. The van der Waals surface area contributed by atoms with Crippen LogP contribution in [0, 0.1) is 5.82 Å². The van der Waals surface area contributed by atoms with E-state index in [4.69, 9.17) is 5.11 Å². The first-order valence-electron chi connectivity index (χ1n) is 4.40. The smallest absolute Gasteiger partial charge is 0.304 e. The second-order valence-electron chi connectivity index (χ2n) is 3.24. The molecule has 0 amide bonds. The van der Waals surface area contributed by atoms with Gasteiger partial charge in [-0.25, -0.2) is 13.2 Å². The topological polar surface area (TPSA) is 57.5 Å². The Bertz CT molecular complexity index is 393. The summed E-state index contributed by atoms with van der Waals surface area (Å²) < 4.78 is 37.9. The van der Waals surface area contributed by atoms with Gasteiger partial charge in [-0.3, -0.25) is 4.79 Å². The molecular weight excluding hydrogens is 225 g/mol. The summed E-state index contributed by atoms with van der Waals surface area (Å²) >= 11 is 0. The Morgan fingerprint density at radius 1 is 1.38 bits per heavy atom. The molecular formula is C10H9F3O3. The van der Waals surface area contributed by atoms with Crippen molar-refractivity contribution in [3.8, 4) is 5.75 Å². The largest absolute Gasteiger partial charge is 0.508 e. The van der Waals surface area contributed by atoms with Crippen molar-refractivity contribution < 1.29 is 28.2 Å². The van der Waals surface area contributed by atoms with E-state index in [0.717, 1.165) is 18.2 Å². The highest BCUT2D eigenvalue weighted by Gasteiger charge is 2.28. The quantitative estimate of drug-likeness (QED) is 0.840. The highest BCUT2D eigenvalue weighted by molar-refractivity contribution is 5.68. The number of aliphatic carboxylic acids is 1. The molecule has 0 spiro atoms. The van der Waals surface area contributed by atoms with Crippen LogP contribution in [0.1, 0.15) is 17.9 Å². The average molecular weight is 234 g/mol. The van der Waals surface area contributed by atoms with Gasteiger partial charge in [0.05, 0.1) is 12.3 Å². The van der Waals surface area contributed by atoms with Gasteiger partial charge in [-0.15, -0.1) is 0 Å². The van der Waals surface area contributed by atoms with Crippen LogP contribution in [0.15, 0.2) is 18.2 Å². The number of phenolic OH excluding ortho intramolecular Hbond substituents is 1. The van der Waals surface area contributed by atoms with Crippen molar-refractivity contribution in [1.82, 2.24) is 0 Å². The van der Waals surface area contributed by atoms with Gasteiger partial charge in [-0.1, -0.05) is 0 Å². The number of carboxylic acid groups (broad SMARTS) is 1. The number of hydrogen-bond donors (Lipinski definition) is 2. The molecule has 0 saturated carbocycles. The summed E-state index contributed by atoms with van der Waals surface area (Å²) in [5, 5.41) is 17.7. The van der Waals surface area contributed by atoms with Crippen molar-refractivity contribution in [1.29, 1.82) is 0 Å². The van der Waals surface area contributed by atoms with Crippen molar-refractivity contribution in [2.45, 2.75) is 18.8 Å². The summed E-state index contributed by atoms with van der Waals surface area (Å²) in [4.78, 5) is 10.4. The number of halogens is 3. The number of phenols is 1. The van der Waals surface area contributed by atoms with E-state index < -0.39 is 41.9 Å². The van der Waals surface area contributed by atoms with E-state index in [9.17, 15) is 23.1 Å². The summed E-state index contributed by atoms with van der Waals surface area (Å²) in [6, 6.07) is 2.54. The van der Waals surface area contributed by atoms with E-state index in [2.05, 4.69) is 0 Å². The van der Waals surface area contributed by atoms with E-state index >= 15 is 0 Å². The van der Waals surface area contributed by atoms with Crippen LogP contribution in [0.25, 0.3) is 0 Å². The number of rotatable bonds is 4. The molecule has 0 aliphatic heterocycles. The van der Waals surface area contributed by atoms with Crippen molar-refractivity contribution in [2.75, 3.05) is 0 Å². The zero-order chi connectivity index (χ0) is 12.3. The third kappa shape index (κ3) is 2.88. The second-order valence-corrected chi connectivity index (χ2v) is 3.24. The van der Waals surface area contributed by atoms with E-state index in [-0.39, 0.29) is 0 Å². The van der Waals surface area contributed by atoms with Gasteiger partial charge in [-0.05, 0) is 18.2 Å². The van der Waals surface area contributed by atoms with E-state index in [1.165, 1.54) is 0 Å². The number of aromatic hydroxyl groups is 1. The van der Waals surface area contributed by atoms with Gasteiger partial charge in [0.2, 0.25) is 6.43 Å². The fraction of sp³-hybridized carbons (Fsp3) is 0.300. The van der Waals surface area contributed by atoms with Crippen LogP contribution in [-0.2, 0) is 4.79 Å². The predicted octanol–water partition coefficient (Wildman–Crippen LogP) is 2.35. The van der Waals surface area contributed by atoms with Crippen molar-refractivity contribution in [3.63, 3.8) is 0 Å². The predicted molar refractivity (Wildman–Crippen MR) is 49.1 cm³/mol. The molecule has 0 fully saturated rings. The van der Waals surface area contributed by atoms with E-state index in [1.54, 1.807) is 0 Å². The Morgan fingerprint density at radius 3 is 2.50 bits per heavy atom. The molecule has 3 nitrogen and oxygen atoms in total. The second kappa shape index (κ2) is 4.87. The molecule has 0 saturated heterocycles. The Morgan fingerprint density at radius 2 is 2.00 bits per heavy atom. The lowest BCUT2D eigenvalue weighted by molar-refractivity contribution is -0.138. The lowest BCUT2D eigenvalue weighted by Crippen LogP contribution is -2.14. The number of hydrogen-bond acceptors (Lipinski definition) is 2. The molecule has 1 aromatic carbocycles. The molecule has 1 atom stereocenters. The fourth-order valence-corrected chi connectivity index (χ4v) is 1.35. The molecule has 1 aromatic rings. The molecule has 88 valence electrons. The lowest BCUT2D eigenvalue weighted by Gasteiger charge is -2.15. The van der Waals surface area contributed by atoms with Crippen molar-refractivity contribution in [3.05, 3.63) is 29.6 Å². The van der Waals surface area contributed by atoms with Crippen LogP contribution < -0.4 is 0 Å². The molecule has 0 aliphatic carbocycles. The molecule has 0 heterocycles. The number of benzene rings is 1. The van der Waals surface area contributed by atoms with Gasteiger partial charge < -0.3 is 10.2 Å². The van der Waals surface area contributed by atoms with E-state index in [1.807, 2.05) is 0 Å². The Labute approximate surface area is 89.1 Å². The van der Waals surface area contributed by atoms with Crippen LogP contribution >= 0.6 is 0 Å². The van der Waals surface area contributed by atoms with Crippen LogP contribution in [0.4, 0.5) is 13.2 Å². The Kier molecular flexibility index (Phi) is 3.76. The molecule has 1 unspecified atom stereocenters. The summed E-state index contributed by atoms with van der Waals surface area (Å²) in [6.45, 7) is 0. The first kappa shape index (κ1) is 12.4. The molecule has 0 radical (unpaired) electrons. The summed E-state index contributed by atoms with van der Waals surface area (Å²) in [5.74, 6) is -4.49.